The SMILES string of the molecule is CCC(NC)C(C)c1nccnc1C. The van der Waals surface area contributed by atoms with E-state index in [0.717, 1.165) is 17.8 Å². The van der Waals surface area contributed by atoms with Gasteiger partial charge in [0.2, 0.25) is 0 Å². The second-order valence-electron chi connectivity index (χ2n) is 3.62. The van der Waals surface area contributed by atoms with Crippen LogP contribution in [0, 0.1) is 6.92 Å². The summed E-state index contributed by atoms with van der Waals surface area (Å²) >= 11 is 0. The van der Waals surface area contributed by atoms with Crippen molar-refractivity contribution in [2.75, 3.05) is 7.05 Å². The van der Waals surface area contributed by atoms with Gasteiger partial charge in [0.1, 0.15) is 0 Å². The standard InChI is InChI=1S/C11H19N3/c1-5-10(12-4)8(2)11-9(3)13-6-7-14-11/h6-8,10,12H,5H2,1-4H3. The van der Waals surface area contributed by atoms with E-state index in [1.54, 1.807) is 12.4 Å². The molecule has 0 bridgehead atoms. The van der Waals surface area contributed by atoms with Crippen molar-refractivity contribution in [1.29, 1.82) is 0 Å². The zero-order valence-electron chi connectivity index (χ0n) is 9.41. The largest absolute Gasteiger partial charge is 0.316 e. The van der Waals surface area contributed by atoms with Crippen molar-refractivity contribution in [1.82, 2.24) is 15.3 Å². The molecule has 2 atom stereocenters. The van der Waals surface area contributed by atoms with Gasteiger partial charge in [-0.3, -0.25) is 9.97 Å². The van der Waals surface area contributed by atoms with Gasteiger partial charge in [0.25, 0.3) is 0 Å². The van der Waals surface area contributed by atoms with Gasteiger partial charge in [-0.2, -0.15) is 0 Å². The van der Waals surface area contributed by atoms with Gasteiger partial charge in [-0.1, -0.05) is 13.8 Å². The lowest BCUT2D eigenvalue weighted by atomic mass is 9.95. The number of aryl methyl sites for hydroxylation is 1. The first-order chi connectivity index (χ1) is 6.70. The molecule has 14 heavy (non-hydrogen) atoms. The van der Waals surface area contributed by atoms with Crippen molar-refractivity contribution in [2.45, 2.75) is 39.2 Å². The van der Waals surface area contributed by atoms with E-state index < -0.39 is 0 Å². The summed E-state index contributed by atoms with van der Waals surface area (Å²) < 4.78 is 0. The lowest BCUT2D eigenvalue weighted by Gasteiger charge is -2.22. The van der Waals surface area contributed by atoms with Crippen LogP contribution in [0.2, 0.25) is 0 Å². The topological polar surface area (TPSA) is 37.8 Å². The maximum Gasteiger partial charge on any atom is 0.0659 e. The van der Waals surface area contributed by atoms with Gasteiger partial charge >= 0.3 is 0 Å². The molecule has 2 unspecified atom stereocenters. The first-order valence-corrected chi connectivity index (χ1v) is 5.15. The van der Waals surface area contributed by atoms with Gasteiger partial charge < -0.3 is 5.32 Å². The van der Waals surface area contributed by atoms with E-state index in [9.17, 15) is 0 Å². The van der Waals surface area contributed by atoms with Crippen LogP contribution in [0.4, 0.5) is 0 Å². The van der Waals surface area contributed by atoms with Gasteiger partial charge in [0.05, 0.1) is 11.4 Å². The van der Waals surface area contributed by atoms with Gasteiger partial charge in [-0.25, -0.2) is 0 Å². The maximum absolute atomic E-state index is 4.39. The fraction of sp³-hybridized carbons (Fsp3) is 0.636. The van der Waals surface area contributed by atoms with Crippen LogP contribution in [0.3, 0.4) is 0 Å². The fourth-order valence-corrected chi connectivity index (χ4v) is 1.86. The van der Waals surface area contributed by atoms with Crippen LogP contribution in [-0.2, 0) is 0 Å². The summed E-state index contributed by atoms with van der Waals surface area (Å²) in [5, 5.41) is 3.31. The Kier molecular flexibility index (Phi) is 4.01. The molecule has 1 aromatic rings. The molecule has 0 fully saturated rings. The molecule has 3 nitrogen and oxygen atoms in total. The molecule has 0 aliphatic heterocycles. The molecular formula is C11H19N3. The molecule has 0 aliphatic carbocycles. The Balaban J connectivity index is 2.88. The quantitative estimate of drug-likeness (QED) is 0.793. The van der Waals surface area contributed by atoms with E-state index in [0.29, 0.717) is 12.0 Å². The average molecular weight is 193 g/mol. The molecule has 78 valence electrons. The Morgan fingerprint density at radius 1 is 1.36 bits per heavy atom. The van der Waals surface area contributed by atoms with Crippen LogP contribution in [-0.4, -0.2) is 23.1 Å². The molecular weight excluding hydrogens is 174 g/mol. The second kappa shape index (κ2) is 5.05. The molecule has 0 amide bonds. The summed E-state index contributed by atoms with van der Waals surface area (Å²) in [6, 6.07) is 0.477. The van der Waals surface area contributed by atoms with E-state index in [1.165, 1.54) is 0 Å². The number of hydrogen-bond acceptors (Lipinski definition) is 3. The maximum atomic E-state index is 4.39. The predicted octanol–water partition coefficient (Wildman–Crippen LogP) is 1.89. The van der Waals surface area contributed by atoms with Crippen LogP contribution >= 0.6 is 0 Å². The predicted molar refractivity (Wildman–Crippen MR) is 58.3 cm³/mol. The van der Waals surface area contributed by atoms with Crippen LogP contribution in [0.25, 0.3) is 0 Å². The van der Waals surface area contributed by atoms with Gasteiger partial charge in [-0.05, 0) is 20.4 Å². The normalized spacial score (nSPS) is 15.1. The van der Waals surface area contributed by atoms with E-state index in [4.69, 9.17) is 0 Å². The number of likely N-dealkylation sites (N-methyl/N-ethyl adjacent to an activating group) is 1. The molecule has 1 rings (SSSR count). The van der Waals surface area contributed by atoms with Gasteiger partial charge in [-0.15, -0.1) is 0 Å². The molecule has 1 aromatic heterocycles. The van der Waals surface area contributed by atoms with Crippen LogP contribution in [0.15, 0.2) is 12.4 Å². The Labute approximate surface area is 86.0 Å². The zero-order valence-corrected chi connectivity index (χ0v) is 9.41. The fourth-order valence-electron chi connectivity index (χ4n) is 1.86. The van der Waals surface area contributed by atoms with E-state index in [2.05, 4.69) is 29.1 Å². The van der Waals surface area contributed by atoms with Crippen molar-refractivity contribution in [3.05, 3.63) is 23.8 Å². The molecule has 1 heterocycles. The van der Waals surface area contributed by atoms with Crippen molar-refractivity contribution < 1.29 is 0 Å². The minimum absolute atomic E-state index is 0.415. The van der Waals surface area contributed by atoms with Crippen LogP contribution in [0.1, 0.15) is 37.6 Å². The molecule has 0 aromatic carbocycles. The number of nitrogens with one attached hydrogen (secondary N) is 1. The molecule has 0 spiro atoms. The Bertz CT molecular complexity index is 282. The highest BCUT2D eigenvalue weighted by Crippen LogP contribution is 2.20. The third-order valence-electron chi connectivity index (χ3n) is 2.76. The molecule has 0 radical (unpaired) electrons. The summed E-state index contributed by atoms with van der Waals surface area (Å²) in [6.45, 7) is 6.40. The molecule has 3 heteroatoms. The van der Waals surface area contributed by atoms with E-state index in [1.807, 2.05) is 14.0 Å². The Morgan fingerprint density at radius 2 is 2.00 bits per heavy atom. The van der Waals surface area contributed by atoms with Gasteiger partial charge in [0, 0.05) is 24.4 Å². The van der Waals surface area contributed by atoms with Crippen molar-refractivity contribution in [3.63, 3.8) is 0 Å². The number of aromatic nitrogens is 2. The summed E-state index contributed by atoms with van der Waals surface area (Å²) in [5.41, 5.74) is 2.14. The highest BCUT2D eigenvalue weighted by atomic mass is 14.9. The zero-order chi connectivity index (χ0) is 10.6. The third kappa shape index (κ3) is 2.29. The molecule has 0 saturated heterocycles. The van der Waals surface area contributed by atoms with Crippen molar-refractivity contribution in [2.24, 2.45) is 0 Å². The summed E-state index contributed by atoms with van der Waals surface area (Å²) in [4.78, 5) is 8.65. The Morgan fingerprint density at radius 3 is 2.50 bits per heavy atom. The molecule has 1 N–H and O–H groups in total. The number of rotatable bonds is 4. The molecule has 0 saturated carbocycles. The van der Waals surface area contributed by atoms with Crippen molar-refractivity contribution in [3.8, 4) is 0 Å². The minimum atomic E-state index is 0.415. The summed E-state index contributed by atoms with van der Waals surface area (Å²) in [5.74, 6) is 0.415. The Hall–Kier alpha value is -0.960. The smallest absolute Gasteiger partial charge is 0.0659 e. The summed E-state index contributed by atoms with van der Waals surface area (Å²) in [6.07, 6.45) is 4.61. The van der Waals surface area contributed by atoms with Crippen LogP contribution in [0.5, 0.6) is 0 Å². The van der Waals surface area contributed by atoms with Crippen molar-refractivity contribution >= 4 is 0 Å². The lowest BCUT2D eigenvalue weighted by molar-refractivity contribution is 0.463. The first kappa shape index (κ1) is 11.1. The number of hydrogen-bond donors (Lipinski definition) is 1. The van der Waals surface area contributed by atoms with E-state index in [-0.39, 0.29) is 0 Å². The van der Waals surface area contributed by atoms with Crippen LogP contribution < -0.4 is 5.32 Å². The summed E-state index contributed by atoms with van der Waals surface area (Å²) in [7, 11) is 2.00. The first-order valence-electron chi connectivity index (χ1n) is 5.15. The second-order valence-corrected chi connectivity index (χ2v) is 3.62. The lowest BCUT2D eigenvalue weighted by Crippen LogP contribution is -2.30. The van der Waals surface area contributed by atoms with Gasteiger partial charge in [0.15, 0.2) is 0 Å². The third-order valence-corrected chi connectivity index (χ3v) is 2.76. The van der Waals surface area contributed by atoms with E-state index >= 15 is 0 Å². The number of nitrogens with zero attached hydrogens (tertiary/aromatic N) is 2. The minimum Gasteiger partial charge on any atom is -0.316 e. The average Bonchev–Trinajstić information content (AvgIpc) is 2.20. The monoisotopic (exact) mass is 193 g/mol. The highest BCUT2D eigenvalue weighted by Gasteiger charge is 2.18. The molecule has 0 aliphatic rings. The highest BCUT2D eigenvalue weighted by molar-refractivity contribution is 5.15.